The number of rotatable bonds is 8. The summed E-state index contributed by atoms with van der Waals surface area (Å²) in [6, 6.07) is 8.55. The van der Waals surface area contributed by atoms with Crippen molar-refractivity contribution in [1.82, 2.24) is 24.2 Å². The van der Waals surface area contributed by atoms with E-state index in [2.05, 4.69) is 15.5 Å². The molecule has 3 heterocycles. The van der Waals surface area contributed by atoms with E-state index in [4.69, 9.17) is 4.74 Å². The molecule has 0 spiro atoms. The van der Waals surface area contributed by atoms with E-state index in [1.54, 1.807) is 24.5 Å². The molecule has 210 valence electrons. The number of hydrogen-bond acceptors (Lipinski definition) is 6. The first-order chi connectivity index (χ1) is 18.3. The van der Waals surface area contributed by atoms with Gasteiger partial charge in [0.05, 0.1) is 12.7 Å². The molecule has 1 aliphatic rings. The Balaban J connectivity index is 1.60. The minimum Gasteiger partial charge on any atom is -0.376 e. The molecule has 0 saturated carbocycles. The van der Waals surface area contributed by atoms with Crippen molar-refractivity contribution >= 4 is 11.6 Å². The Morgan fingerprint density at radius 2 is 2.00 bits per heavy atom. The number of morpholine rings is 1. The molecule has 39 heavy (non-hydrogen) atoms. The number of aryl methyl sites for hydroxylation is 1. The van der Waals surface area contributed by atoms with Crippen molar-refractivity contribution in [2.75, 3.05) is 25.0 Å². The van der Waals surface area contributed by atoms with E-state index in [1.807, 2.05) is 43.4 Å². The number of pyridine rings is 1. The van der Waals surface area contributed by atoms with E-state index in [-0.39, 0.29) is 23.6 Å². The maximum absolute atomic E-state index is 13.3. The summed E-state index contributed by atoms with van der Waals surface area (Å²) in [5.74, 6) is 0.0301. The number of carbonyl (C=O) groups is 1. The zero-order valence-corrected chi connectivity index (χ0v) is 22.5. The van der Waals surface area contributed by atoms with Gasteiger partial charge in [0.15, 0.2) is 0 Å². The molecule has 1 saturated heterocycles. The summed E-state index contributed by atoms with van der Waals surface area (Å²) < 4.78 is 47.7. The maximum Gasteiger partial charge on any atom is 0.406 e. The number of amides is 1. The zero-order chi connectivity index (χ0) is 28.4. The predicted molar refractivity (Wildman–Crippen MR) is 140 cm³/mol. The van der Waals surface area contributed by atoms with Gasteiger partial charge in [0.25, 0.3) is 11.5 Å². The molecule has 1 aliphatic heterocycles. The fraction of sp³-hybridized carbons (Fsp3) is 0.481. The summed E-state index contributed by atoms with van der Waals surface area (Å²) in [7, 11) is 1.86. The standard InChI is InChI=1S/C27H33F3N6O3/c1-18-13-35(8-9-39-18)14-19-10-22(25(38)36(15-19)16-27(28,29)30)24(37)32-21-7-5-6-20(11-21)26(2,3)12-23-33-31-17-34(23)4/h5-7,10-11,15,17-18H,8-9,12-14,16H2,1-4H3,(H,32,37)/t18-/m0/s1. The highest BCUT2D eigenvalue weighted by Crippen LogP contribution is 2.29. The van der Waals surface area contributed by atoms with Crippen LogP contribution in [0.3, 0.4) is 0 Å². The Bertz CT molecular complexity index is 1380. The first-order valence-corrected chi connectivity index (χ1v) is 12.7. The smallest absolute Gasteiger partial charge is 0.376 e. The van der Waals surface area contributed by atoms with Crippen LogP contribution >= 0.6 is 0 Å². The molecule has 0 bridgehead atoms. The van der Waals surface area contributed by atoms with Crippen molar-refractivity contribution in [3.63, 3.8) is 0 Å². The first-order valence-electron chi connectivity index (χ1n) is 12.7. The quantitative estimate of drug-likeness (QED) is 0.465. The topological polar surface area (TPSA) is 94.3 Å². The van der Waals surface area contributed by atoms with Crippen LogP contribution in [-0.2, 0) is 36.7 Å². The first kappa shape index (κ1) is 28.5. The SMILES string of the molecule is C[C@H]1CN(Cc2cc(C(=O)Nc3cccc(C(C)(C)Cc4nncn4C)c3)c(=O)n(CC(F)(F)F)c2)CCO1. The summed E-state index contributed by atoms with van der Waals surface area (Å²) in [6.45, 7) is 6.49. The number of halogens is 3. The summed E-state index contributed by atoms with van der Waals surface area (Å²) in [4.78, 5) is 28.2. The number of benzene rings is 1. The summed E-state index contributed by atoms with van der Waals surface area (Å²) in [6.07, 6.45) is -1.24. The Kier molecular flexibility index (Phi) is 8.26. The van der Waals surface area contributed by atoms with Crippen LogP contribution < -0.4 is 10.9 Å². The van der Waals surface area contributed by atoms with Gasteiger partial charge in [-0.1, -0.05) is 26.0 Å². The second-order valence-corrected chi connectivity index (χ2v) is 10.7. The van der Waals surface area contributed by atoms with Crippen LogP contribution in [0, 0.1) is 0 Å². The number of nitrogens with one attached hydrogen (secondary N) is 1. The van der Waals surface area contributed by atoms with E-state index < -0.39 is 24.2 Å². The van der Waals surface area contributed by atoms with Crippen LogP contribution in [0.15, 0.2) is 47.7 Å². The van der Waals surface area contributed by atoms with Crippen LogP contribution in [0.4, 0.5) is 18.9 Å². The highest BCUT2D eigenvalue weighted by Gasteiger charge is 2.30. The largest absolute Gasteiger partial charge is 0.406 e. The second kappa shape index (κ2) is 11.3. The van der Waals surface area contributed by atoms with E-state index >= 15 is 0 Å². The number of hydrogen-bond donors (Lipinski definition) is 1. The van der Waals surface area contributed by atoms with Crippen LogP contribution in [0.1, 0.15) is 48.1 Å². The van der Waals surface area contributed by atoms with Gasteiger partial charge in [-0.3, -0.25) is 14.5 Å². The van der Waals surface area contributed by atoms with Crippen LogP contribution in [0.25, 0.3) is 0 Å². The number of anilines is 1. The van der Waals surface area contributed by atoms with Gasteiger partial charge in [-0.2, -0.15) is 13.2 Å². The zero-order valence-electron chi connectivity index (χ0n) is 22.5. The van der Waals surface area contributed by atoms with Gasteiger partial charge in [0, 0.05) is 45.0 Å². The molecule has 2 aromatic heterocycles. The molecule has 3 aromatic rings. The monoisotopic (exact) mass is 546 g/mol. The molecule has 1 aromatic carbocycles. The maximum atomic E-state index is 13.3. The Hall–Kier alpha value is -3.51. The summed E-state index contributed by atoms with van der Waals surface area (Å²) in [5.41, 5.74) is 0.0720. The number of aromatic nitrogens is 4. The average molecular weight is 547 g/mol. The lowest BCUT2D eigenvalue weighted by molar-refractivity contribution is -0.141. The highest BCUT2D eigenvalue weighted by molar-refractivity contribution is 6.04. The number of ether oxygens (including phenoxy) is 1. The normalized spacial score (nSPS) is 16.8. The average Bonchev–Trinajstić information content (AvgIpc) is 3.23. The van der Waals surface area contributed by atoms with Crippen LogP contribution in [0.5, 0.6) is 0 Å². The van der Waals surface area contributed by atoms with Gasteiger partial charge in [-0.05, 0) is 41.7 Å². The molecule has 0 aliphatic carbocycles. The molecule has 1 amide bonds. The van der Waals surface area contributed by atoms with Crippen molar-refractivity contribution in [3.05, 3.63) is 75.7 Å². The Morgan fingerprint density at radius 1 is 1.23 bits per heavy atom. The van der Waals surface area contributed by atoms with Gasteiger partial charge in [0.1, 0.15) is 24.3 Å². The fourth-order valence-electron chi connectivity index (χ4n) is 4.73. The molecule has 12 heteroatoms. The van der Waals surface area contributed by atoms with Crippen molar-refractivity contribution in [2.45, 2.75) is 58.0 Å². The number of nitrogens with zero attached hydrogens (tertiary/aromatic N) is 5. The van der Waals surface area contributed by atoms with Crippen molar-refractivity contribution in [3.8, 4) is 0 Å². The molecule has 0 radical (unpaired) electrons. The van der Waals surface area contributed by atoms with E-state index in [9.17, 15) is 22.8 Å². The van der Waals surface area contributed by atoms with Crippen molar-refractivity contribution in [2.24, 2.45) is 7.05 Å². The lowest BCUT2D eigenvalue weighted by atomic mass is 9.81. The third-order valence-corrected chi connectivity index (χ3v) is 6.78. The van der Waals surface area contributed by atoms with Crippen molar-refractivity contribution in [1.29, 1.82) is 0 Å². The Morgan fingerprint density at radius 3 is 2.67 bits per heavy atom. The van der Waals surface area contributed by atoms with Crippen LogP contribution in [-0.4, -0.2) is 62.1 Å². The van der Waals surface area contributed by atoms with E-state index in [1.165, 1.54) is 12.3 Å². The molecule has 1 N–H and O–H groups in total. The third-order valence-electron chi connectivity index (χ3n) is 6.78. The molecule has 9 nitrogen and oxygen atoms in total. The molecule has 1 fully saturated rings. The molecule has 0 unspecified atom stereocenters. The minimum atomic E-state index is -4.62. The highest BCUT2D eigenvalue weighted by atomic mass is 19.4. The van der Waals surface area contributed by atoms with Gasteiger partial charge in [-0.15, -0.1) is 10.2 Å². The van der Waals surface area contributed by atoms with Gasteiger partial charge < -0.3 is 19.2 Å². The number of carbonyl (C=O) groups excluding carboxylic acids is 1. The van der Waals surface area contributed by atoms with Gasteiger partial charge >= 0.3 is 6.18 Å². The Labute approximate surface area is 224 Å². The molecule has 4 rings (SSSR count). The predicted octanol–water partition coefficient (Wildman–Crippen LogP) is 3.53. The summed E-state index contributed by atoms with van der Waals surface area (Å²) >= 11 is 0. The molecular weight excluding hydrogens is 513 g/mol. The second-order valence-electron chi connectivity index (χ2n) is 10.7. The van der Waals surface area contributed by atoms with Crippen LogP contribution in [0.2, 0.25) is 0 Å². The fourth-order valence-corrected chi connectivity index (χ4v) is 4.73. The molecular formula is C27H33F3N6O3. The van der Waals surface area contributed by atoms with Gasteiger partial charge in [0.2, 0.25) is 0 Å². The summed E-state index contributed by atoms with van der Waals surface area (Å²) in [5, 5.41) is 10.8. The number of alkyl halides is 3. The minimum absolute atomic E-state index is 0.0206. The lowest BCUT2D eigenvalue weighted by Gasteiger charge is -2.31. The lowest BCUT2D eigenvalue weighted by Crippen LogP contribution is -2.41. The van der Waals surface area contributed by atoms with E-state index in [0.29, 0.717) is 41.9 Å². The van der Waals surface area contributed by atoms with E-state index in [0.717, 1.165) is 11.4 Å². The van der Waals surface area contributed by atoms with Gasteiger partial charge in [-0.25, -0.2) is 0 Å². The third kappa shape index (κ3) is 7.33. The molecule has 1 atom stereocenters. The van der Waals surface area contributed by atoms with Crippen molar-refractivity contribution < 1.29 is 22.7 Å².